The number of hydrogen-bond donors (Lipinski definition) is 2. The second-order valence-electron chi connectivity index (χ2n) is 3.23. The largest absolute Gasteiger partial charge is 0.355 e. The SMILES string of the molecule is C=CCSCCNC(=O)CCC(C)N. The van der Waals surface area contributed by atoms with Crippen molar-refractivity contribution in [2.45, 2.75) is 25.8 Å². The van der Waals surface area contributed by atoms with E-state index in [0.29, 0.717) is 6.42 Å². The summed E-state index contributed by atoms with van der Waals surface area (Å²) in [4.78, 5) is 11.2. The van der Waals surface area contributed by atoms with Gasteiger partial charge in [-0.2, -0.15) is 11.8 Å². The van der Waals surface area contributed by atoms with Crippen molar-refractivity contribution in [1.82, 2.24) is 5.32 Å². The maximum atomic E-state index is 11.2. The quantitative estimate of drug-likeness (QED) is 0.473. The molecule has 14 heavy (non-hydrogen) atoms. The minimum absolute atomic E-state index is 0.0986. The van der Waals surface area contributed by atoms with Crippen LogP contribution in [0.5, 0.6) is 0 Å². The van der Waals surface area contributed by atoms with Gasteiger partial charge in [0.25, 0.3) is 0 Å². The van der Waals surface area contributed by atoms with Gasteiger partial charge in [-0.1, -0.05) is 6.08 Å². The summed E-state index contributed by atoms with van der Waals surface area (Å²) in [7, 11) is 0. The smallest absolute Gasteiger partial charge is 0.220 e. The highest BCUT2D eigenvalue weighted by molar-refractivity contribution is 7.99. The summed E-state index contributed by atoms with van der Waals surface area (Å²) in [5, 5.41) is 2.85. The van der Waals surface area contributed by atoms with Gasteiger partial charge in [0.15, 0.2) is 0 Å². The van der Waals surface area contributed by atoms with Crippen molar-refractivity contribution < 1.29 is 4.79 Å². The minimum Gasteiger partial charge on any atom is -0.355 e. The summed E-state index contributed by atoms with van der Waals surface area (Å²) >= 11 is 1.76. The Morgan fingerprint density at radius 3 is 3.00 bits per heavy atom. The van der Waals surface area contributed by atoms with Gasteiger partial charge in [0.05, 0.1) is 0 Å². The Balaban J connectivity index is 3.22. The summed E-state index contributed by atoms with van der Waals surface area (Å²) in [5.41, 5.74) is 5.54. The number of rotatable bonds is 8. The lowest BCUT2D eigenvalue weighted by Gasteiger charge is -2.06. The van der Waals surface area contributed by atoms with Crippen molar-refractivity contribution >= 4 is 17.7 Å². The van der Waals surface area contributed by atoms with Crippen LogP contribution in [0.1, 0.15) is 19.8 Å². The molecule has 82 valence electrons. The van der Waals surface area contributed by atoms with Gasteiger partial charge >= 0.3 is 0 Å². The maximum absolute atomic E-state index is 11.2. The highest BCUT2D eigenvalue weighted by atomic mass is 32.2. The molecule has 1 unspecified atom stereocenters. The van der Waals surface area contributed by atoms with Crippen LogP contribution in [0.2, 0.25) is 0 Å². The van der Waals surface area contributed by atoms with E-state index in [1.807, 2.05) is 13.0 Å². The topological polar surface area (TPSA) is 55.1 Å². The van der Waals surface area contributed by atoms with Crippen molar-refractivity contribution in [3.05, 3.63) is 12.7 Å². The lowest BCUT2D eigenvalue weighted by molar-refractivity contribution is -0.121. The fourth-order valence-corrected chi connectivity index (χ4v) is 1.46. The van der Waals surface area contributed by atoms with Crippen LogP contribution in [-0.2, 0) is 4.79 Å². The Morgan fingerprint density at radius 1 is 1.71 bits per heavy atom. The molecule has 0 heterocycles. The van der Waals surface area contributed by atoms with E-state index >= 15 is 0 Å². The number of carbonyl (C=O) groups is 1. The first-order valence-corrected chi connectivity index (χ1v) is 6.03. The summed E-state index contributed by atoms with van der Waals surface area (Å²) in [6.45, 7) is 6.26. The third-order valence-corrected chi connectivity index (χ3v) is 2.60. The van der Waals surface area contributed by atoms with E-state index in [4.69, 9.17) is 5.73 Å². The highest BCUT2D eigenvalue weighted by Crippen LogP contribution is 1.98. The number of amides is 1. The number of thioether (sulfide) groups is 1. The van der Waals surface area contributed by atoms with Gasteiger partial charge in [0, 0.05) is 30.5 Å². The van der Waals surface area contributed by atoms with E-state index < -0.39 is 0 Å². The summed E-state index contributed by atoms with van der Waals surface area (Å²) in [6.07, 6.45) is 3.15. The van der Waals surface area contributed by atoms with Crippen LogP contribution in [-0.4, -0.2) is 30.0 Å². The molecule has 4 heteroatoms. The van der Waals surface area contributed by atoms with E-state index in [2.05, 4.69) is 11.9 Å². The van der Waals surface area contributed by atoms with Gasteiger partial charge in [-0.15, -0.1) is 6.58 Å². The molecule has 1 atom stereocenters. The molecule has 0 radical (unpaired) electrons. The molecule has 0 aromatic rings. The van der Waals surface area contributed by atoms with E-state index in [-0.39, 0.29) is 11.9 Å². The molecule has 0 spiro atoms. The van der Waals surface area contributed by atoms with E-state index in [9.17, 15) is 4.79 Å². The van der Waals surface area contributed by atoms with Crippen molar-refractivity contribution in [1.29, 1.82) is 0 Å². The average molecular weight is 216 g/mol. The number of nitrogens with two attached hydrogens (primary N) is 1. The van der Waals surface area contributed by atoms with Crippen LogP contribution in [0.3, 0.4) is 0 Å². The molecule has 0 saturated heterocycles. The standard InChI is InChI=1S/C10H20N2OS/c1-3-7-14-8-6-12-10(13)5-4-9(2)11/h3,9H,1,4-8,11H2,2H3,(H,12,13). The molecule has 0 bridgehead atoms. The van der Waals surface area contributed by atoms with Gasteiger partial charge in [0.1, 0.15) is 0 Å². The van der Waals surface area contributed by atoms with Crippen LogP contribution in [0.25, 0.3) is 0 Å². The summed E-state index contributed by atoms with van der Waals surface area (Å²) < 4.78 is 0. The van der Waals surface area contributed by atoms with Gasteiger partial charge < -0.3 is 11.1 Å². The fraction of sp³-hybridized carbons (Fsp3) is 0.700. The molecule has 0 rings (SSSR count). The van der Waals surface area contributed by atoms with Gasteiger partial charge in [-0.25, -0.2) is 0 Å². The molecule has 0 saturated carbocycles. The molecule has 3 N–H and O–H groups in total. The van der Waals surface area contributed by atoms with Crippen molar-refractivity contribution in [2.75, 3.05) is 18.1 Å². The predicted octanol–water partition coefficient (Wildman–Crippen LogP) is 1.15. The van der Waals surface area contributed by atoms with E-state index in [0.717, 1.165) is 24.5 Å². The van der Waals surface area contributed by atoms with Gasteiger partial charge in [-0.05, 0) is 13.3 Å². The van der Waals surface area contributed by atoms with Crippen LogP contribution >= 0.6 is 11.8 Å². The second kappa shape index (κ2) is 9.09. The van der Waals surface area contributed by atoms with E-state index in [1.165, 1.54) is 0 Å². The normalized spacial score (nSPS) is 12.1. The van der Waals surface area contributed by atoms with Crippen molar-refractivity contribution in [3.63, 3.8) is 0 Å². The number of hydrogen-bond acceptors (Lipinski definition) is 3. The van der Waals surface area contributed by atoms with Crippen LogP contribution < -0.4 is 11.1 Å². The summed E-state index contributed by atoms with van der Waals surface area (Å²) in [5.74, 6) is 1.98. The molecule has 0 aromatic carbocycles. The maximum Gasteiger partial charge on any atom is 0.220 e. The van der Waals surface area contributed by atoms with E-state index in [1.54, 1.807) is 11.8 Å². The third kappa shape index (κ3) is 9.61. The molecular formula is C10H20N2OS. The predicted molar refractivity (Wildman–Crippen MR) is 63.4 cm³/mol. The Kier molecular flexibility index (Phi) is 8.78. The first kappa shape index (κ1) is 13.5. The number of nitrogens with one attached hydrogen (secondary N) is 1. The molecule has 0 aliphatic rings. The first-order chi connectivity index (χ1) is 6.66. The average Bonchev–Trinajstić information content (AvgIpc) is 2.14. The zero-order valence-electron chi connectivity index (χ0n) is 8.79. The Hall–Kier alpha value is -0.480. The molecular weight excluding hydrogens is 196 g/mol. The molecule has 0 aromatic heterocycles. The monoisotopic (exact) mass is 216 g/mol. The third-order valence-electron chi connectivity index (χ3n) is 1.63. The Labute approximate surface area is 90.5 Å². The lowest BCUT2D eigenvalue weighted by atomic mass is 10.2. The lowest BCUT2D eigenvalue weighted by Crippen LogP contribution is -2.27. The van der Waals surface area contributed by atoms with Crippen LogP contribution in [0.15, 0.2) is 12.7 Å². The molecule has 1 amide bonds. The zero-order chi connectivity index (χ0) is 10.8. The zero-order valence-corrected chi connectivity index (χ0v) is 9.61. The Bertz CT molecular complexity index is 172. The first-order valence-electron chi connectivity index (χ1n) is 4.87. The molecule has 3 nitrogen and oxygen atoms in total. The fourth-order valence-electron chi connectivity index (χ4n) is 0.876. The van der Waals surface area contributed by atoms with Crippen molar-refractivity contribution in [3.8, 4) is 0 Å². The molecule has 0 fully saturated rings. The van der Waals surface area contributed by atoms with Crippen molar-refractivity contribution in [2.24, 2.45) is 5.73 Å². The summed E-state index contributed by atoms with van der Waals surface area (Å²) in [6, 6.07) is 0.107. The molecule has 0 aliphatic heterocycles. The highest BCUT2D eigenvalue weighted by Gasteiger charge is 2.01. The van der Waals surface area contributed by atoms with Gasteiger partial charge in [-0.3, -0.25) is 4.79 Å². The minimum atomic E-state index is 0.0986. The Morgan fingerprint density at radius 2 is 2.43 bits per heavy atom. The second-order valence-corrected chi connectivity index (χ2v) is 4.38. The van der Waals surface area contributed by atoms with Crippen LogP contribution in [0.4, 0.5) is 0 Å². The number of carbonyl (C=O) groups excluding carboxylic acids is 1. The van der Waals surface area contributed by atoms with Gasteiger partial charge in [0.2, 0.25) is 5.91 Å². The van der Waals surface area contributed by atoms with Crippen LogP contribution in [0, 0.1) is 0 Å². The molecule has 0 aliphatic carbocycles.